The summed E-state index contributed by atoms with van der Waals surface area (Å²) in [6.45, 7) is 0. The molecule has 0 unspecified atom stereocenters. The summed E-state index contributed by atoms with van der Waals surface area (Å²) in [4.78, 5) is 0. The Labute approximate surface area is 219 Å². The molecule has 0 bridgehead atoms. The largest absolute Gasteiger partial charge is 0.204 e. The van der Waals surface area contributed by atoms with Gasteiger partial charge in [-0.15, -0.1) is 0 Å². The first-order valence-electron chi connectivity index (χ1n) is 12.7. The lowest BCUT2D eigenvalue weighted by molar-refractivity contribution is 0.511. The fraction of sp³-hybridized carbons (Fsp3) is 0. The van der Waals surface area contributed by atoms with E-state index in [1.807, 2.05) is 36.4 Å². The maximum Gasteiger partial charge on any atom is 0.166 e. The Balaban J connectivity index is 1.45. The number of rotatable bonds is 3. The Morgan fingerprint density at radius 2 is 0.895 bits per heavy atom. The lowest BCUT2D eigenvalue weighted by atomic mass is 9.85. The summed E-state index contributed by atoms with van der Waals surface area (Å²) < 4.78 is 29.4. The molecule has 0 spiro atoms. The SMILES string of the molecule is Fc1cccc(-c2c3ccccc3c(-c3ccc(-c4ccc5ccccc5c4)cc3)c3ccccc23)c1F. The molecule has 0 radical (unpaired) electrons. The zero-order valence-electron chi connectivity index (χ0n) is 20.5. The Kier molecular flexibility index (Phi) is 5.26. The first kappa shape index (κ1) is 22.4. The van der Waals surface area contributed by atoms with E-state index < -0.39 is 11.6 Å². The highest BCUT2D eigenvalue weighted by Gasteiger charge is 2.19. The van der Waals surface area contributed by atoms with E-state index in [1.165, 1.54) is 16.3 Å². The Bertz CT molecular complexity index is 1930. The van der Waals surface area contributed by atoms with Crippen LogP contribution in [0.15, 0.2) is 133 Å². The summed E-state index contributed by atoms with van der Waals surface area (Å²) in [5.74, 6) is -1.67. The van der Waals surface area contributed by atoms with E-state index in [1.54, 1.807) is 12.1 Å². The van der Waals surface area contributed by atoms with Crippen molar-refractivity contribution in [2.75, 3.05) is 0 Å². The van der Waals surface area contributed by atoms with Crippen LogP contribution >= 0.6 is 0 Å². The summed E-state index contributed by atoms with van der Waals surface area (Å²) in [7, 11) is 0. The molecule has 0 N–H and O–H groups in total. The standard InChI is InChI=1S/C36H22F2/c37-33-15-7-14-32(36(33)38)35-30-12-5-3-10-28(30)34(29-11-4-6-13-31(29)35)25-19-16-24(17-20-25)27-21-18-23-8-1-2-9-26(23)22-27/h1-22H. The first-order valence-corrected chi connectivity index (χ1v) is 12.7. The number of halogens is 2. The van der Waals surface area contributed by atoms with Crippen LogP contribution in [0.1, 0.15) is 0 Å². The van der Waals surface area contributed by atoms with Gasteiger partial charge in [0.05, 0.1) is 0 Å². The average molecular weight is 493 g/mol. The second kappa shape index (κ2) is 8.93. The van der Waals surface area contributed by atoms with Gasteiger partial charge in [-0.3, -0.25) is 0 Å². The Morgan fingerprint density at radius 3 is 1.55 bits per heavy atom. The second-order valence-corrected chi connectivity index (χ2v) is 9.58. The fourth-order valence-electron chi connectivity index (χ4n) is 5.62. The van der Waals surface area contributed by atoms with Gasteiger partial charge in [0.25, 0.3) is 0 Å². The average Bonchev–Trinajstić information content (AvgIpc) is 2.97. The predicted molar refractivity (Wildman–Crippen MR) is 155 cm³/mol. The van der Waals surface area contributed by atoms with Crippen molar-refractivity contribution in [3.05, 3.63) is 145 Å². The summed E-state index contributed by atoms with van der Waals surface area (Å²) in [5.41, 5.74) is 5.46. The molecule has 38 heavy (non-hydrogen) atoms. The van der Waals surface area contributed by atoms with Crippen LogP contribution in [0.3, 0.4) is 0 Å². The van der Waals surface area contributed by atoms with E-state index >= 15 is 4.39 Å². The van der Waals surface area contributed by atoms with Crippen molar-refractivity contribution in [2.24, 2.45) is 0 Å². The highest BCUT2D eigenvalue weighted by Crippen LogP contribution is 2.44. The van der Waals surface area contributed by atoms with Crippen molar-refractivity contribution in [3.63, 3.8) is 0 Å². The molecule has 7 aromatic rings. The van der Waals surface area contributed by atoms with E-state index in [0.717, 1.165) is 44.3 Å². The summed E-state index contributed by atoms with van der Waals surface area (Å²) in [6.07, 6.45) is 0. The highest BCUT2D eigenvalue weighted by molar-refractivity contribution is 6.21. The van der Waals surface area contributed by atoms with Gasteiger partial charge < -0.3 is 0 Å². The molecule has 0 atom stereocenters. The number of benzene rings is 7. The molecule has 0 amide bonds. The molecule has 0 heterocycles. The summed E-state index contributed by atoms with van der Waals surface area (Å²) >= 11 is 0. The van der Waals surface area contributed by atoms with Gasteiger partial charge in [-0.05, 0) is 66.7 Å². The molecule has 0 aliphatic carbocycles. The fourth-order valence-corrected chi connectivity index (χ4v) is 5.62. The van der Waals surface area contributed by atoms with Crippen LogP contribution in [0.5, 0.6) is 0 Å². The predicted octanol–water partition coefficient (Wildman–Crippen LogP) is 10.4. The third-order valence-corrected chi connectivity index (χ3v) is 7.41. The van der Waals surface area contributed by atoms with Crippen LogP contribution in [0, 0.1) is 11.6 Å². The lowest BCUT2D eigenvalue weighted by Gasteiger charge is -2.18. The summed E-state index contributed by atoms with van der Waals surface area (Å²) in [6, 6.07) is 43.9. The smallest absolute Gasteiger partial charge is 0.166 e. The molecule has 0 aliphatic heterocycles. The summed E-state index contributed by atoms with van der Waals surface area (Å²) in [5, 5.41) is 6.23. The van der Waals surface area contributed by atoms with Crippen molar-refractivity contribution >= 4 is 32.3 Å². The number of hydrogen-bond donors (Lipinski definition) is 0. The van der Waals surface area contributed by atoms with Crippen LogP contribution < -0.4 is 0 Å². The molecule has 0 saturated heterocycles. The van der Waals surface area contributed by atoms with Crippen LogP contribution in [0.2, 0.25) is 0 Å². The van der Waals surface area contributed by atoms with Gasteiger partial charge in [-0.1, -0.05) is 121 Å². The maximum atomic E-state index is 15.1. The van der Waals surface area contributed by atoms with Crippen LogP contribution in [0.4, 0.5) is 8.78 Å². The van der Waals surface area contributed by atoms with Crippen molar-refractivity contribution in [1.82, 2.24) is 0 Å². The molecule has 2 heteroatoms. The normalized spacial score (nSPS) is 11.4. The van der Waals surface area contributed by atoms with Crippen molar-refractivity contribution in [2.45, 2.75) is 0 Å². The Morgan fingerprint density at radius 1 is 0.368 bits per heavy atom. The van der Waals surface area contributed by atoms with Gasteiger partial charge in [-0.2, -0.15) is 0 Å². The molecule has 0 aliphatic rings. The molecule has 0 fully saturated rings. The third kappa shape index (κ3) is 3.57. The van der Waals surface area contributed by atoms with Crippen molar-refractivity contribution in [3.8, 4) is 33.4 Å². The minimum absolute atomic E-state index is 0.274. The highest BCUT2D eigenvalue weighted by atomic mass is 19.2. The third-order valence-electron chi connectivity index (χ3n) is 7.41. The molecule has 180 valence electrons. The van der Waals surface area contributed by atoms with E-state index in [2.05, 4.69) is 78.9 Å². The van der Waals surface area contributed by atoms with Gasteiger partial charge in [-0.25, -0.2) is 8.78 Å². The number of fused-ring (bicyclic) bond motifs is 3. The van der Waals surface area contributed by atoms with Gasteiger partial charge in [0, 0.05) is 11.1 Å². The minimum atomic E-state index is -0.844. The van der Waals surface area contributed by atoms with Gasteiger partial charge in [0.1, 0.15) is 0 Å². The van der Waals surface area contributed by atoms with Crippen LogP contribution in [-0.2, 0) is 0 Å². The van der Waals surface area contributed by atoms with Crippen LogP contribution in [-0.4, -0.2) is 0 Å². The van der Waals surface area contributed by atoms with Crippen molar-refractivity contribution < 1.29 is 8.78 Å². The Hall–Kier alpha value is -4.82. The van der Waals surface area contributed by atoms with E-state index in [4.69, 9.17) is 0 Å². The van der Waals surface area contributed by atoms with Gasteiger partial charge in [0.15, 0.2) is 11.6 Å². The number of hydrogen-bond acceptors (Lipinski definition) is 0. The van der Waals surface area contributed by atoms with E-state index in [0.29, 0.717) is 5.56 Å². The molecule has 0 saturated carbocycles. The molecule has 7 rings (SSSR count). The quantitative estimate of drug-likeness (QED) is 0.215. The van der Waals surface area contributed by atoms with Gasteiger partial charge in [0.2, 0.25) is 0 Å². The van der Waals surface area contributed by atoms with Crippen molar-refractivity contribution in [1.29, 1.82) is 0 Å². The monoisotopic (exact) mass is 492 g/mol. The minimum Gasteiger partial charge on any atom is -0.204 e. The lowest BCUT2D eigenvalue weighted by Crippen LogP contribution is -1.94. The molecule has 7 aromatic carbocycles. The van der Waals surface area contributed by atoms with Gasteiger partial charge >= 0.3 is 0 Å². The molecular weight excluding hydrogens is 470 g/mol. The van der Waals surface area contributed by atoms with Crippen LogP contribution in [0.25, 0.3) is 65.7 Å². The second-order valence-electron chi connectivity index (χ2n) is 9.58. The topological polar surface area (TPSA) is 0 Å². The maximum absolute atomic E-state index is 15.1. The van der Waals surface area contributed by atoms with E-state index in [9.17, 15) is 4.39 Å². The molecular formula is C36H22F2. The zero-order valence-corrected chi connectivity index (χ0v) is 20.5. The molecule has 0 aromatic heterocycles. The first-order chi connectivity index (χ1) is 18.7. The van der Waals surface area contributed by atoms with E-state index in [-0.39, 0.29) is 5.56 Å². The molecule has 0 nitrogen and oxygen atoms in total. The zero-order chi connectivity index (χ0) is 25.6.